The molecule has 0 radical (unpaired) electrons. The van der Waals surface area contributed by atoms with Crippen LogP contribution in [0.25, 0.3) is 5.78 Å². The first kappa shape index (κ1) is 28.2. The van der Waals surface area contributed by atoms with Gasteiger partial charge in [-0.1, -0.05) is 13.8 Å². The predicted molar refractivity (Wildman–Crippen MR) is 146 cm³/mol. The van der Waals surface area contributed by atoms with Crippen molar-refractivity contribution in [2.45, 2.75) is 103 Å². The number of carbonyl (C=O) groups is 2. The molecule has 11 heteroatoms. The molecule has 216 valence electrons. The lowest BCUT2D eigenvalue weighted by Crippen LogP contribution is -2.37. The van der Waals surface area contributed by atoms with Crippen LogP contribution in [-0.2, 0) is 11.3 Å². The summed E-state index contributed by atoms with van der Waals surface area (Å²) in [7, 11) is 0. The van der Waals surface area contributed by atoms with Crippen LogP contribution in [0.15, 0.2) is 24.7 Å². The van der Waals surface area contributed by atoms with Crippen molar-refractivity contribution in [1.29, 1.82) is 0 Å². The molecule has 40 heavy (non-hydrogen) atoms. The van der Waals surface area contributed by atoms with E-state index in [-0.39, 0.29) is 49.5 Å². The standard InChI is InChI=1S/C29H39F2N7O2/c1-4-6-24(39)35-25(19-7-8-19)22-11-15-37-17-23(34-28(37)33-22)26(20-9-12-29(30,31)13-10-20)36-27(40)21-16-32-38(14-5-2)18(21)3/h11,15-17,19-20,25-26H,4-10,12-14H2,1-3H3,(H,35,39)(H,36,40)/t25-,26-/m0/s1. The Morgan fingerprint density at radius 2 is 1.70 bits per heavy atom. The summed E-state index contributed by atoms with van der Waals surface area (Å²) >= 11 is 0. The number of nitrogens with one attached hydrogen (secondary N) is 2. The Labute approximate surface area is 233 Å². The third-order valence-electron chi connectivity index (χ3n) is 8.19. The summed E-state index contributed by atoms with van der Waals surface area (Å²) < 4.78 is 31.7. The average molecular weight is 556 g/mol. The van der Waals surface area contributed by atoms with E-state index in [9.17, 15) is 18.4 Å². The van der Waals surface area contributed by atoms with E-state index in [1.165, 1.54) is 0 Å². The Kier molecular flexibility index (Phi) is 8.19. The average Bonchev–Trinajstić information content (AvgIpc) is 3.57. The summed E-state index contributed by atoms with van der Waals surface area (Å²) in [6.07, 6.45) is 9.60. The number of hydrogen-bond donors (Lipinski definition) is 2. The number of imidazole rings is 1. The molecule has 2 aliphatic carbocycles. The van der Waals surface area contributed by atoms with Crippen molar-refractivity contribution in [1.82, 2.24) is 34.8 Å². The normalized spacial score (nSPS) is 18.9. The van der Waals surface area contributed by atoms with Crippen molar-refractivity contribution >= 4 is 17.6 Å². The second-order valence-corrected chi connectivity index (χ2v) is 11.4. The number of fused-ring (bicyclic) bond motifs is 1. The maximum Gasteiger partial charge on any atom is 0.255 e. The van der Waals surface area contributed by atoms with Gasteiger partial charge in [0.25, 0.3) is 5.91 Å². The van der Waals surface area contributed by atoms with Gasteiger partial charge < -0.3 is 10.6 Å². The molecule has 5 rings (SSSR count). The molecule has 0 spiro atoms. The van der Waals surface area contributed by atoms with E-state index in [4.69, 9.17) is 9.97 Å². The number of hydrogen-bond acceptors (Lipinski definition) is 5. The zero-order valence-electron chi connectivity index (χ0n) is 23.5. The first-order chi connectivity index (χ1) is 19.2. The van der Waals surface area contributed by atoms with E-state index in [2.05, 4.69) is 15.7 Å². The second kappa shape index (κ2) is 11.6. The molecule has 3 aromatic heterocycles. The summed E-state index contributed by atoms with van der Waals surface area (Å²) in [5, 5.41) is 10.6. The number of amides is 2. The molecule has 2 atom stereocenters. The van der Waals surface area contributed by atoms with Crippen LogP contribution in [0.2, 0.25) is 0 Å². The maximum atomic E-state index is 14.0. The van der Waals surface area contributed by atoms with Crippen LogP contribution in [-0.4, -0.2) is 41.9 Å². The van der Waals surface area contributed by atoms with Crippen molar-refractivity contribution in [2.24, 2.45) is 11.8 Å². The molecule has 0 saturated heterocycles. The van der Waals surface area contributed by atoms with E-state index >= 15 is 0 Å². The number of halogens is 2. The number of rotatable bonds is 11. The van der Waals surface area contributed by atoms with Gasteiger partial charge in [0.2, 0.25) is 17.6 Å². The first-order valence-corrected chi connectivity index (χ1v) is 14.5. The number of aryl methyl sites for hydroxylation is 1. The number of carbonyl (C=O) groups excluding carboxylic acids is 2. The van der Waals surface area contributed by atoms with Crippen molar-refractivity contribution in [3.05, 3.63) is 47.3 Å². The van der Waals surface area contributed by atoms with Gasteiger partial charge >= 0.3 is 0 Å². The zero-order valence-corrected chi connectivity index (χ0v) is 23.5. The molecule has 0 bridgehead atoms. The van der Waals surface area contributed by atoms with Crippen LogP contribution in [0.3, 0.4) is 0 Å². The van der Waals surface area contributed by atoms with Crippen LogP contribution >= 0.6 is 0 Å². The van der Waals surface area contributed by atoms with Gasteiger partial charge in [0, 0.05) is 43.9 Å². The molecule has 9 nitrogen and oxygen atoms in total. The lowest BCUT2D eigenvalue weighted by Gasteiger charge is -2.33. The summed E-state index contributed by atoms with van der Waals surface area (Å²) in [4.78, 5) is 35.4. The fourth-order valence-corrected chi connectivity index (χ4v) is 5.72. The van der Waals surface area contributed by atoms with E-state index < -0.39 is 12.0 Å². The molecule has 2 aliphatic rings. The largest absolute Gasteiger partial charge is 0.347 e. The van der Waals surface area contributed by atoms with E-state index in [0.717, 1.165) is 37.1 Å². The van der Waals surface area contributed by atoms with Gasteiger partial charge in [-0.05, 0) is 63.4 Å². The van der Waals surface area contributed by atoms with Crippen LogP contribution in [0.5, 0.6) is 0 Å². The molecule has 0 aromatic carbocycles. The highest BCUT2D eigenvalue weighted by Crippen LogP contribution is 2.42. The molecule has 3 heterocycles. The molecular formula is C29H39F2N7O2. The minimum atomic E-state index is -2.68. The highest BCUT2D eigenvalue weighted by molar-refractivity contribution is 5.95. The lowest BCUT2D eigenvalue weighted by molar-refractivity contribution is -0.122. The monoisotopic (exact) mass is 555 g/mol. The third kappa shape index (κ3) is 6.18. The number of aromatic nitrogens is 5. The van der Waals surface area contributed by atoms with Crippen molar-refractivity contribution in [3.63, 3.8) is 0 Å². The smallest absolute Gasteiger partial charge is 0.255 e. The molecular weight excluding hydrogens is 516 g/mol. The zero-order chi connectivity index (χ0) is 28.4. The minimum Gasteiger partial charge on any atom is -0.347 e. The molecule has 2 saturated carbocycles. The van der Waals surface area contributed by atoms with Gasteiger partial charge in [0.05, 0.1) is 35.2 Å². The third-order valence-corrected chi connectivity index (χ3v) is 8.19. The Balaban J connectivity index is 1.43. The highest BCUT2D eigenvalue weighted by Gasteiger charge is 2.40. The molecule has 0 unspecified atom stereocenters. The van der Waals surface area contributed by atoms with Gasteiger partial charge in [0.15, 0.2) is 0 Å². The maximum absolute atomic E-state index is 14.0. The predicted octanol–water partition coefficient (Wildman–Crippen LogP) is 5.31. The van der Waals surface area contributed by atoms with Gasteiger partial charge in [-0.2, -0.15) is 5.10 Å². The topological polar surface area (TPSA) is 106 Å². The fraction of sp³-hybridized carbons (Fsp3) is 0.621. The second-order valence-electron chi connectivity index (χ2n) is 11.4. The first-order valence-electron chi connectivity index (χ1n) is 14.5. The Hall–Kier alpha value is -3.37. The van der Waals surface area contributed by atoms with Crippen molar-refractivity contribution in [3.8, 4) is 0 Å². The summed E-state index contributed by atoms with van der Waals surface area (Å²) in [6.45, 7) is 6.59. The minimum absolute atomic E-state index is 0.0135. The van der Waals surface area contributed by atoms with E-state index in [1.807, 2.05) is 39.2 Å². The Bertz CT molecular complexity index is 1350. The van der Waals surface area contributed by atoms with Gasteiger partial charge in [0.1, 0.15) is 0 Å². The van der Waals surface area contributed by atoms with E-state index in [1.54, 1.807) is 15.3 Å². The molecule has 2 amide bonds. The molecule has 2 N–H and O–H groups in total. The number of alkyl halides is 2. The van der Waals surface area contributed by atoms with Gasteiger partial charge in [-0.25, -0.2) is 18.7 Å². The summed E-state index contributed by atoms with van der Waals surface area (Å²) in [5.74, 6) is -2.34. The Morgan fingerprint density at radius 1 is 1.02 bits per heavy atom. The SMILES string of the molecule is CCCC(=O)N[C@H](c1ccn2cc([C@@H](NC(=O)c3cnn(CCC)c3C)C3CCC(F)(F)CC3)nc2n1)C1CC1. The quantitative estimate of drug-likeness (QED) is 0.334. The Morgan fingerprint density at radius 3 is 2.38 bits per heavy atom. The molecule has 0 aliphatic heterocycles. The fourth-order valence-electron chi connectivity index (χ4n) is 5.72. The number of nitrogens with zero attached hydrogens (tertiary/aromatic N) is 5. The van der Waals surface area contributed by atoms with Crippen LogP contribution < -0.4 is 10.6 Å². The highest BCUT2D eigenvalue weighted by atomic mass is 19.3. The summed E-state index contributed by atoms with van der Waals surface area (Å²) in [5.41, 5.74) is 2.59. The van der Waals surface area contributed by atoms with Gasteiger partial charge in [-0.15, -0.1) is 0 Å². The summed E-state index contributed by atoms with van der Waals surface area (Å²) in [6, 6.07) is 1.18. The van der Waals surface area contributed by atoms with Gasteiger partial charge in [-0.3, -0.25) is 18.7 Å². The molecule has 2 fully saturated rings. The molecule has 3 aromatic rings. The van der Waals surface area contributed by atoms with Crippen LogP contribution in [0, 0.1) is 18.8 Å². The lowest BCUT2D eigenvalue weighted by atomic mass is 9.81. The van der Waals surface area contributed by atoms with Crippen LogP contribution in [0.1, 0.15) is 111 Å². The van der Waals surface area contributed by atoms with E-state index in [0.29, 0.717) is 35.9 Å². The van der Waals surface area contributed by atoms with Crippen LogP contribution in [0.4, 0.5) is 8.78 Å². The van der Waals surface area contributed by atoms with Crippen molar-refractivity contribution < 1.29 is 18.4 Å². The van der Waals surface area contributed by atoms with Crippen molar-refractivity contribution in [2.75, 3.05) is 0 Å².